The highest BCUT2D eigenvalue weighted by Gasteiger charge is 2.22. The molecule has 0 amide bonds. The maximum atomic E-state index is 5.73. The molecule has 1 fully saturated rings. The van der Waals surface area contributed by atoms with E-state index in [2.05, 4.69) is 0 Å². The molecule has 2 rings (SSSR count). The van der Waals surface area contributed by atoms with Crippen LogP contribution in [0, 0.1) is 5.92 Å². The number of benzene rings is 1. The summed E-state index contributed by atoms with van der Waals surface area (Å²) >= 11 is 0. The fourth-order valence-electron chi connectivity index (χ4n) is 1.46. The first-order chi connectivity index (χ1) is 7.33. The summed E-state index contributed by atoms with van der Waals surface area (Å²) in [6.07, 6.45) is 2.59. The highest BCUT2D eigenvalue weighted by atomic mass is 16.5. The SMILES string of the molecule is COc1ccc(CN)c(OCC2CC2)c1. The van der Waals surface area contributed by atoms with Crippen molar-refractivity contribution in [3.05, 3.63) is 23.8 Å². The minimum absolute atomic E-state index is 0.504. The molecule has 0 unspecified atom stereocenters. The van der Waals surface area contributed by atoms with Crippen LogP contribution in [0.1, 0.15) is 18.4 Å². The summed E-state index contributed by atoms with van der Waals surface area (Å²) < 4.78 is 10.9. The quantitative estimate of drug-likeness (QED) is 0.802. The molecule has 2 N–H and O–H groups in total. The van der Waals surface area contributed by atoms with Gasteiger partial charge in [-0.05, 0) is 24.8 Å². The highest BCUT2D eigenvalue weighted by molar-refractivity contribution is 5.40. The van der Waals surface area contributed by atoms with E-state index in [1.54, 1.807) is 7.11 Å². The zero-order valence-corrected chi connectivity index (χ0v) is 9.03. The lowest BCUT2D eigenvalue weighted by molar-refractivity contribution is 0.294. The van der Waals surface area contributed by atoms with Crippen LogP contribution in [-0.2, 0) is 6.54 Å². The van der Waals surface area contributed by atoms with Crippen LogP contribution in [-0.4, -0.2) is 13.7 Å². The van der Waals surface area contributed by atoms with Gasteiger partial charge >= 0.3 is 0 Å². The summed E-state index contributed by atoms with van der Waals surface area (Å²) in [5.41, 5.74) is 6.68. The van der Waals surface area contributed by atoms with Gasteiger partial charge in [0.05, 0.1) is 13.7 Å². The summed E-state index contributed by atoms with van der Waals surface area (Å²) in [7, 11) is 1.65. The van der Waals surface area contributed by atoms with Crippen molar-refractivity contribution in [2.45, 2.75) is 19.4 Å². The van der Waals surface area contributed by atoms with Gasteiger partial charge in [-0.2, -0.15) is 0 Å². The van der Waals surface area contributed by atoms with Crippen LogP contribution in [0.25, 0.3) is 0 Å². The molecule has 0 atom stereocenters. The maximum Gasteiger partial charge on any atom is 0.127 e. The summed E-state index contributed by atoms with van der Waals surface area (Å²) in [5, 5.41) is 0. The van der Waals surface area contributed by atoms with Crippen molar-refractivity contribution >= 4 is 0 Å². The van der Waals surface area contributed by atoms with Crippen molar-refractivity contribution in [3.63, 3.8) is 0 Å². The molecule has 1 aliphatic rings. The van der Waals surface area contributed by atoms with Crippen molar-refractivity contribution in [1.82, 2.24) is 0 Å². The fraction of sp³-hybridized carbons (Fsp3) is 0.500. The van der Waals surface area contributed by atoms with Crippen molar-refractivity contribution in [3.8, 4) is 11.5 Å². The van der Waals surface area contributed by atoms with E-state index < -0.39 is 0 Å². The van der Waals surface area contributed by atoms with Crippen LogP contribution in [0.5, 0.6) is 11.5 Å². The second-order valence-electron chi connectivity index (χ2n) is 3.93. The van der Waals surface area contributed by atoms with Crippen molar-refractivity contribution in [1.29, 1.82) is 0 Å². The second kappa shape index (κ2) is 4.53. The van der Waals surface area contributed by atoms with E-state index in [0.29, 0.717) is 6.54 Å². The zero-order valence-electron chi connectivity index (χ0n) is 9.03. The number of rotatable bonds is 5. The molecular formula is C12H17NO2. The monoisotopic (exact) mass is 207 g/mol. The molecule has 3 nitrogen and oxygen atoms in total. The number of nitrogens with two attached hydrogens (primary N) is 1. The minimum atomic E-state index is 0.504. The molecule has 1 aromatic rings. The fourth-order valence-corrected chi connectivity index (χ4v) is 1.46. The predicted molar refractivity (Wildman–Crippen MR) is 59.1 cm³/mol. The van der Waals surface area contributed by atoms with Crippen molar-refractivity contribution in [2.24, 2.45) is 11.7 Å². The van der Waals surface area contributed by atoms with Gasteiger partial charge in [0.25, 0.3) is 0 Å². The van der Waals surface area contributed by atoms with Crippen LogP contribution in [0.2, 0.25) is 0 Å². The highest BCUT2D eigenvalue weighted by Crippen LogP contribution is 2.31. The molecule has 0 radical (unpaired) electrons. The van der Waals surface area contributed by atoms with Crippen LogP contribution in [0.3, 0.4) is 0 Å². The van der Waals surface area contributed by atoms with Crippen LogP contribution in [0.15, 0.2) is 18.2 Å². The van der Waals surface area contributed by atoms with E-state index in [-0.39, 0.29) is 0 Å². The van der Waals surface area contributed by atoms with Gasteiger partial charge in [0.1, 0.15) is 11.5 Å². The number of ether oxygens (including phenoxy) is 2. The Morgan fingerprint density at radius 1 is 1.40 bits per heavy atom. The Labute approximate surface area is 90.2 Å². The molecule has 0 aliphatic heterocycles. The van der Waals surface area contributed by atoms with Gasteiger partial charge in [-0.1, -0.05) is 6.07 Å². The maximum absolute atomic E-state index is 5.73. The molecule has 3 heteroatoms. The van der Waals surface area contributed by atoms with E-state index >= 15 is 0 Å². The van der Waals surface area contributed by atoms with E-state index in [0.717, 1.165) is 29.6 Å². The largest absolute Gasteiger partial charge is 0.497 e. The smallest absolute Gasteiger partial charge is 0.127 e. The topological polar surface area (TPSA) is 44.5 Å². The first kappa shape index (κ1) is 10.3. The lowest BCUT2D eigenvalue weighted by atomic mass is 10.2. The Bertz CT molecular complexity index is 334. The Balaban J connectivity index is 2.08. The predicted octanol–water partition coefficient (Wildman–Crippen LogP) is 1.94. The van der Waals surface area contributed by atoms with Crippen LogP contribution in [0.4, 0.5) is 0 Å². The molecule has 1 saturated carbocycles. The molecule has 15 heavy (non-hydrogen) atoms. The average molecular weight is 207 g/mol. The first-order valence-electron chi connectivity index (χ1n) is 5.33. The second-order valence-corrected chi connectivity index (χ2v) is 3.93. The van der Waals surface area contributed by atoms with Gasteiger partial charge in [0.2, 0.25) is 0 Å². The van der Waals surface area contributed by atoms with E-state index in [9.17, 15) is 0 Å². The van der Waals surface area contributed by atoms with Gasteiger partial charge in [-0.25, -0.2) is 0 Å². The summed E-state index contributed by atoms with van der Waals surface area (Å²) in [6, 6.07) is 5.78. The number of hydrogen-bond acceptors (Lipinski definition) is 3. The summed E-state index contributed by atoms with van der Waals surface area (Å²) in [6.45, 7) is 1.31. The summed E-state index contributed by atoms with van der Waals surface area (Å²) in [5.74, 6) is 2.43. The molecule has 1 aliphatic carbocycles. The van der Waals surface area contributed by atoms with E-state index in [4.69, 9.17) is 15.2 Å². The van der Waals surface area contributed by atoms with Crippen molar-refractivity contribution < 1.29 is 9.47 Å². The van der Waals surface area contributed by atoms with Gasteiger partial charge in [0.15, 0.2) is 0 Å². The molecule has 82 valence electrons. The van der Waals surface area contributed by atoms with Crippen LogP contribution >= 0.6 is 0 Å². The Morgan fingerprint density at radius 3 is 2.80 bits per heavy atom. The van der Waals surface area contributed by atoms with E-state index in [1.807, 2.05) is 18.2 Å². The molecular weight excluding hydrogens is 190 g/mol. The third-order valence-electron chi connectivity index (χ3n) is 2.67. The van der Waals surface area contributed by atoms with Crippen molar-refractivity contribution in [2.75, 3.05) is 13.7 Å². The average Bonchev–Trinajstić information content (AvgIpc) is 3.09. The Hall–Kier alpha value is -1.22. The summed E-state index contributed by atoms with van der Waals surface area (Å²) in [4.78, 5) is 0. The lowest BCUT2D eigenvalue weighted by Gasteiger charge is -2.11. The Kier molecular flexibility index (Phi) is 3.11. The normalized spacial score (nSPS) is 15.1. The third-order valence-corrected chi connectivity index (χ3v) is 2.67. The molecule has 0 bridgehead atoms. The molecule has 0 spiro atoms. The van der Waals surface area contributed by atoms with Gasteiger partial charge in [-0.3, -0.25) is 0 Å². The first-order valence-corrected chi connectivity index (χ1v) is 5.33. The number of hydrogen-bond donors (Lipinski definition) is 1. The number of methoxy groups -OCH3 is 1. The van der Waals surface area contributed by atoms with Gasteiger partial charge in [0, 0.05) is 18.2 Å². The third kappa shape index (κ3) is 2.63. The Morgan fingerprint density at radius 2 is 2.20 bits per heavy atom. The minimum Gasteiger partial charge on any atom is -0.497 e. The molecule has 0 saturated heterocycles. The van der Waals surface area contributed by atoms with E-state index in [1.165, 1.54) is 12.8 Å². The zero-order chi connectivity index (χ0) is 10.7. The molecule has 0 heterocycles. The molecule has 0 aromatic heterocycles. The molecule has 1 aromatic carbocycles. The van der Waals surface area contributed by atoms with Crippen LogP contribution < -0.4 is 15.2 Å². The van der Waals surface area contributed by atoms with Gasteiger partial charge in [-0.15, -0.1) is 0 Å². The van der Waals surface area contributed by atoms with Gasteiger partial charge < -0.3 is 15.2 Å². The standard InChI is InChI=1S/C12H17NO2/c1-14-11-5-4-10(7-13)12(6-11)15-8-9-2-3-9/h4-6,9H,2-3,7-8,13H2,1H3. The lowest BCUT2D eigenvalue weighted by Crippen LogP contribution is -2.05.